The van der Waals surface area contributed by atoms with E-state index in [0.29, 0.717) is 6.61 Å². The van der Waals surface area contributed by atoms with Crippen LogP contribution in [0.4, 0.5) is 0 Å². The Morgan fingerprint density at radius 2 is 2.11 bits per heavy atom. The zero-order valence-corrected chi connectivity index (χ0v) is 9.67. The number of carbonyl (C=O) groups is 1. The molecule has 0 radical (unpaired) electrons. The number of fused-ring (bicyclic) bond motifs is 1. The molecule has 18 heavy (non-hydrogen) atoms. The van der Waals surface area contributed by atoms with Crippen LogP contribution in [0.5, 0.6) is 5.88 Å². The van der Waals surface area contributed by atoms with Crippen LogP contribution in [0.15, 0.2) is 30.5 Å². The molecule has 1 aliphatic rings. The zero-order valence-electron chi connectivity index (χ0n) is 9.67. The van der Waals surface area contributed by atoms with Gasteiger partial charge in [0.25, 0.3) is 0 Å². The minimum absolute atomic E-state index is 0.278. The van der Waals surface area contributed by atoms with Gasteiger partial charge in [0.2, 0.25) is 5.88 Å². The average molecular weight is 244 g/mol. The Morgan fingerprint density at radius 3 is 2.83 bits per heavy atom. The van der Waals surface area contributed by atoms with Crippen LogP contribution in [0.2, 0.25) is 0 Å². The first-order valence-corrected chi connectivity index (χ1v) is 5.78. The number of nitrogens with zero attached hydrogens (tertiary/aromatic N) is 2. The number of hydrogen-bond donors (Lipinski definition) is 1. The summed E-state index contributed by atoms with van der Waals surface area (Å²) < 4.78 is 7.45. The summed E-state index contributed by atoms with van der Waals surface area (Å²) in [6.45, 7) is 1.56. The molecule has 0 bridgehead atoms. The lowest BCUT2D eigenvalue weighted by molar-refractivity contribution is 0.0697. The molecule has 0 unspecified atom stereocenters. The SMILES string of the molecule is O=C(O)c1ccc(-c2cnn3c2OCCC3)cc1. The fraction of sp³-hybridized carbons (Fsp3) is 0.231. The lowest BCUT2D eigenvalue weighted by Crippen LogP contribution is -2.14. The van der Waals surface area contributed by atoms with Crippen LogP contribution in [0.1, 0.15) is 16.8 Å². The lowest BCUT2D eigenvalue weighted by Gasteiger charge is -2.16. The number of aromatic carboxylic acids is 1. The molecule has 5 nitrogen and oxygen atoms in total. The molecular formula is C13H12N2O3. The highest BCUT2D eigenvalue weighted by molar-refractivity contribution is 5.88. The number of aryl methyl sites for hydroxylation is 1. The van der Waals surface area contributed by atoms with Gasteiger partial charge in [0.05, 0.1) is 23.9 Å². The van der Waals surface area contributed by atoms with Crippen LogP contribution < -0.4 is 4.74 Å². The Kier molecular flexibility index (Phi) is 2.51. The molecule has 92 valence electrons. The standard InChI is InChI=1S/C13H12N2O3/c16-13(17)10-4-2-9(3-5-10)11-8-14-15-6-1-7-18-12(11)15/h2-5,8H,1,6-7H2,(H,16,17). The predicted molar refractivity (Wildman–Crippen MR) is 64.7 cm³/mol. The molecule has 2 heterocycles. The third-order valence-electron chi connectivity index (χ3n) is 2.99. The minimum atomic E-state index is -0.921. The van der Waals surface area contributed by atoms with E-state index in [9.17, 15) is 4.79 Å². The average Bonchev–Trinajstić information content (AvgIpc) is 2.82. The number of benzene rings is 1. The third-order valence-corrected chi connectivity index (χ3v) is 2.99. The van der Waals surface area contributed by atoms with Crippen molar-refractivity contribution in [3.63, 3.8) is 0 Å². The molecule has 0 atom stereocenters. The minimum Gasteiger partial charge on any atom is -0.478 e. The van der Waals surface area contributed by atoms with Crippen LogP contribution >= 0.6 is 0 Å². The quantitative estimate of drug-likeness (QED) is 0.877. The Bertz CT molecular complexity index is 587. The van der Waals surface area contributed by atoms with Crippen molar-refractivity contribution in [2.75, 3.05) is 6.61 Å². The van der Waals surface area contributed by atoms with E-state index < -0.39 is 5.97 Å². The van der Waals surface area contributed by atoms with E-state index in [1.165, 1.54) is 0 Å². The van der Waals surface area contributed by atoms with Gasteiger partial charge in [-0.15, -0.1) is 0 Å². The van der Waals surface area contributed by atoms with E-state index in [-0.39, 0.29) is 5.56 Å². The van der Waals surface area contributed by atoms with Crippen molar-refractivity contribution in [3.8, 4) is 17.0 Å². The molecule has 1 aromatic carbocycles. The van der Waals surface area contributed by atoms with Crippen LogP contribution in [-0.2, 0) is 6.54 Å². The topological polar surface area (TPSA) is 64.3 Å². The maximum atomic E-state index is 10.8. The normalized spacial score (nSPS) is 13.8. The number of carboxylic acid groups (broad SMARTS) is 1. The fourth-order valence-corrected chi connectivity index (χ4v) is 2.06. The molecule has 0 saturated heterocycles. The second-order valence-corrected chi connectivity index (χ2v) is 4.17. The molecule has 0 aliphatic carbocycles. The van der Waals surface area contributed by atoms with Gasteiger partial charge in [0, 0.05) is 13.0 Å². The van der Waals surface area contributed by atoms with E-state index in [2.05, 4.69) is 5.10 Å². The molecule has 1 aromatic heterocycles. The van der Waals surface area contributed by atoms with E-state index in [1.807, 2.05) is 4.68 Å². The van der Waals surface area contributed by atoms with Crippen molar-refractivity contribution < 1.29 is 14.6 Å². The maximum absolute atomic E-state index is 10.8. The summed E-state index contributed by atoms with van der Waals surface area (Å²) in [5, 5.41) is 13.1. The van der Waals surface area contributed by atoms with Gasteiger partial charge in [-0.2, -0.15) is 5.10 Å². The van der Waals surface area contributed by atoms with Crippen molar-refractivity contribution >= 4 is 5.97 Å². The molecule has 3 rings (SSSR count). The van der Waals surface area contributed by atoms with Gasteiger partial charge in [-0.05, 0) is 17.7 Å². The van der Waals surface area contributed by atoms with Gasteiger partial charge in [-0.1, -0.05) is 12.1 Å². The molecule has 0 saturated carbocycles. The van der Waals surface area contributed by atoms with E-state index in [0.717, 1.165) is 30.0 Å². The molecule has 0 amide bonds. The molecule has 5 heteroatoms. The van der Waals surface area contributed by atoms with Crippen molar-refractivity contribution in [1.82, 2.24) is 9.78 Å². The zero-order chi connectivity index (χ0) is 12.5. The summed E-state index contributed by atoms with van der Waals surface area (Å²) >= 11 is 0. The predicted octanol–water partition coefficient (Wildman–Crippen LogP) is 2.03. The van der Waals surface area contributed by atoms with Crippen LogP contribution in [0.25, 0.3) is 11.1 Å². The highest BCUT2D eigenvalue weighted by atomic mass is 16.5. The van der Waals surface area contributed by atoms with Gasteiger partial charge >= 0.3 is 5.97 Å². The molecule has 2 aromatic rings. The second-order valence-electron chi connectivity index (χ2n) is 4.17. The van der Waals surface area contributed by atoms with Crippen molar-refractivity contribution in [3.05, 3.63) is 36.0 Å². The van der Waals surface area contributed by atoms with Crippen molar-refractivity contribution in [2.24, 2.45) is 0 Å². The third kappa shape index (κ3) is 1.73. The molecular weight excluding hydrogens is 232 g/mol. The molecule has 1 aliphatic heterocycles. The Balaban J connectivity index is 1.99. The van der Waals surface area contributed by atoms with Crippen molar-refractivity contribution in [2.45, 2.75) is 13.0 Å². The van der Waals surface area contributed by atoms with Gasteiger partial charge in [-0.25, -0.2) is 9.48 Å². The number of hydrogen-bond acceptors (Lipinski definition) is 3. The highest BCUT2D eigenvalue weighted by Crippen LogP contribution is 2.31. The monoisotopic (exact) mass is 244 g/mol. The maximum Gasteiger partial charge on any atom is 0.335 e. The Hall–Kier alpha value is -2.30. The summed E-state index contributed by atoms with van der Waals surface area (Å²) in [5.41, 5.74) is 2.11. The molecule has 0 fully saturated rings. The number of ether oxygens (including phenoxy) is 1. The largest absolute Gasteiger partial charge is 0.478 e. The van der Waals surface area contributed by atoms with E-state index >= 15 is 0 Å². The van der Waals surface area contributed by atoms with Crippen LogP contribution in [0, 0.1) is 0 Å². The first-order chi connectivity index (χ1) is 8.75. The first-order valence-electron chi connectivity index (χ1n) is 5.78. The van der Waals surface area contributed by atoms with Gasteiger partial charge < -0.3 is 9.84 Å². The second kappa shape index (κ2) is 4.18. The van der Waals surface area contributed by atoms with Gasteiger partial charge in [0.15, 0.2) is 0 Å². The van der Waals surface area contributed by atoms with E-state index in [4.69, 9.17) is 9.84 Å². The summed E-state index contributed by atoms with van der Waals surface area (Å²) in [7, 11) is 0. The lowest BCUT2D eigenvalue weighted by atomic mass is 10.1. The van der Waals surface area contributed by atoms with Gasteiger partial charge in [-0.3, -0.25) is 0 Å². The molecule has 1 N–H and O–H groups in total. The van der Waals surface area contributed by atoms with E-state index in [1.54, 1.807) is 30.5 Å². The number of rotatable bonds is 2. The number of carboxylic acids is 1. The van der Waals surface area contributed by atoms with Crippen molar-refractivity contribution in [1.29, 1.82) is 0 Å². The number of aromatic nitrogens is 2. The van der Waals surface area contributed by atoms with Gasteiger partial charge in [0.1, 0.15) is 0 Å². The summed E-state index contributed by atoms with van der Waals surface area (Å²) in [6, 6.07) is 6.73. The Morgan fingerprint density at radius 1 is 1.33 bits per heavy atom. The summed E-state index contributed by atoms with van der Waals surface area (Å²) in [6.07, 6.45) is 2.72. The first kappa shape index (κ1) is 10.8. The Labute approximate surface area is 104 Å². The molecule has 0 spiro atoms. The van der Waals surface area contributed by atoms with Crippen LogP contribution in [0.3, 0.4) is 0 Å². The van der Waals surface area contributed by atoms with Crippen LogP contribution in [-0.4, -0.2) is 27.5 Å². The smallest absolute Gasteiger partial charge is 0.335 e. The summed E-state index contributed by atoms with van der Waals surface area (Å²) in [4.78, 5) is 10.8. The summed E-state index contributed by atoms with van der Waals surface area (Å²) in [5.74, 6) is -0.154. The fourth-order valence-electron chi connectivity index (χ4n) is 2.06. The highest BCUT2D eigenvalue weighted by Gasteiger charge is 2.17.